The number of aliphatic hydroxyl groups excluding tert-OH is 1. The lowest BCUT2D eigenvalue weighted by Crippen LogP contribution is -2.43. The molecule has 0 aliphatic carbocycles. The summed E-state index contributed by atoms with van der Waals surface area (Å²) < 4.78 is 28.1. The van der Waals surface area contributed by atoms with Crippen molar-refractivity contribution in [1.29, 1.82) is 0 Å². The molecule has 4 rings (SSSR count). The summed E-state index contributed by atoms with van der Waals surface area (Å²) in [5.41, 5.74) is 2.98. The molecule has 1 atom stereocenters. The molecule has 9 heteroatoms. The minimum atomic E-state index is -3.74. The number of sulfonamides is 1. The number of rotatable bonds is 9. The van der Waals surface area contributed by atoms with Crippen molar-refractivity contribution in [2.24, 2.45) is 0 Å². The summed E-state index contributed by atoms with van der Waals surface area (Å²) in [4.78, 5) is 13.5. The molecule has 1 unspecified atom stereocenters. The van der Waals surface area contributed by atoms with Gasteiger partial charge in [-0.05, 0) is 66.9 Å². The van der Waals surface area contributed by atoms with Crippen LogP contribution in [0.15, 0.2) is 83.8 Å². The molecule has 0 radical (unpaired) electrons. The lowest BCUT2D eigenvalue weighted by atomic mass is 10.0. The van der Waals surface area contributed by atoms with Gasteiger partial charge in [-0.2, -0.15) is 0 Å². The van der Waals surface area contributed by atoms with Crippen molar-refractivity contribution in [2.75, 3.05) is 34.6 Å². The van der Waals surface area contributed by atoms with Gasteiger partial charge in [0.1, 0.15) is 0 Å². The number of benzene rings is 3. The summed E-state index contributed by atoms with van der Waals surface area (Å²) in [7, 11) is -3.74. The lowest BCUT2D eigenvalue weighted by molar-refractivity contribution is -0.114. The minimum Gasteiger partial charge on any atom is -0.387 e. The summed E-state index contributed by atoms with van der Waals surface area (Å²) in [6.07, 6.45) is 1.41. The molecular formula is C27H32N4O4S. The number of piperidine rings is 1. The van der Waals surface area contributed by atoms with E-state index in [4.69, 9.17) is 0 Å². The highest BCUT2D eigenvalue weighted by Crippen LogP contribution is 2.24. The molecule has 3 aromatic carbocycles. The van der Waals surface area contributed by atoms with Gasteiger partial charge < -0.3 is 20.6 Å². The number of nitrogens with zero attached hydrogens (tertiary/aromatic N) is 1. The Kier molecular flexibility index (Phi) is 8.25. The molecule has 1 aliphatic heterocycles. The fourth-order valence-corrected chi connectivity index (χ4v) is 5.35. The number of aliphatic hydroxyl groups is 1. The molecule has 0 bridgehead atoms. The zero-order chi connectivity index (χ0) is 25.5. The average Bonchev–Trinajstić information content (AvgIpc) is 2.88. The second kappa shape index (κ2) is 11.6. The number of hydrogen-bond acceptors (Lipinski definition) is 6. The Morgan fingerprint density at radius 2 is 1.56 bits per heavy atom. The number of anilines is 3. The predicted octanol–water partition coefficient (Wildman–Crippen LogP) is 3.74. The first-order valence-electron chi connectivity index (χ1n) is 12.0. The summed E-state index contributed by atoms with van der Waals surface area (Å²) in [6, 6.07) is 23.4. The Hall–Kier alpha value is -3.40. The van der Waals surface area contributed by atoms with E-state index in [1.54, 1.807) is 24.3 Å². The van der Waals surface area contributed by atoms with Crippen molar-refractivity contribution in [1.82, 2.24) is 5.32 Å². The first-order chi connectivity index (χ1) is 17.3. The maximum Gasteiger partial charge on any atom is 0.261 e. The molecule has 0 saturated carbocycles. The zero-order valence-corrected chi connectivity index (χ0v) is 21.0. The highest BCUT2D eigenvalue weighted by molar-refractivity contribution is 7.92. The van der Waals surface area contributed by atoms with E-state index in [1.165, 1.54) is 19.1 Å². The quantitative estimate of drug-likeness (QED) is 0.351. The fourth-order valence-electron chi connectivity index (χ4n) is 4.29. The van der Waals surface area contributed by atoms with Crippen molar-refractivity contribution in [3.05, 3.63) is 84.4 Å². The average molecular weight is 509 g/mol. The maximum atomic E-state index is 12.7. The lowest BCUT2D eigenvalue weighted by Gasteiger charge is -2.34. The molecular weight excluding hydrogens is 476 g/mol. The SMILES string of the molecule is CC(=O)Nc1ccc(S(=O)(=O)Nc2ccc(N3CCC(NCC(O)c4ccccc4)CC3)cc2)cc1. The maximum absolute atomic E-state index is 12.7. The summed E-state index contributed by atoms with van der Waals surface area (Å²) in [6.45, 7) is 3.68. The van der Waals surface area contributed by atoms with Crippen molar-refractivity contribution in [2.45, 2.75) is 36.8 Å². The van der Waals surface area contributed by atoms with Crippen LogP contribution in [-0.4, -0.2) is 45.1 Å². The van der Waals surface area contributed by atoms with Gasteiger partial charge in [-0.25, -0.2) is 8.42 Å². The molecule has 36 heavy (non-hydrogen) atoms. The third-order valence-electron chi connectivity index (χ3n) is 6.25. The van der Waals surface area contributed by atoms with Crippen molar-refractivity contribution < 1.29 is 18.3 Å². The van der Waals surface area contributed by atoms with E-state index in [0.717, 1.165) is 37.2 Å². The summed E-state index contributed by atoms with van der Waals surface area (Å²) >= 11 is 0. The van der Waals surface area contributed by atoms with E-state index in [9.17, 15) is 18.3 Å². The van der Waals surface area contributed by atoms with Crippen LogP contribution in [0.3, 0.4) is 0 Å². The molecule has 190 valence electrons. The van der Waals surface area contributed by atoms with Crippen LogP contribution < -0.4 is 20.3 Å². The highest BCUT2D eigenvalue weighted by Gasteiger charge is 2.21. The first kappa shape index (κ1) is 25.7. The molecule has 8 nitrogen and oxygen atoms in total. The third kappa shape index (κ3) is 6.84. The monoisotopic (exact) mass is 508 g/mol. The van der Waals surface area contributed by atoms with Crippen LogP contribution in [0.5, 0.6) is 0 Å². The van der Waals surface area contributed by atoms with Crippen molar-refractivity contribution in [3.63, 3.8) is 0 Å². The van der Waals surface area contributed by atoms with Crippen LogP contribution in [0.25, 0.3) is 0 Å². The Balaban J connectivity index is 1.27. The number of hydrogen-bond donors (Lipinski definition) is 4. The van der Waals surface area contributed by atoms with Gasteiger partial charge >= 0.3 is 0 Å². The van der Waals surface area contributed by atoms with E-state index in [2.05, 4.69) is 20.3 Å². The van der Waals surface area contributed by atoms with E-state index in [0.29, 0.717) is 24.0 Å². The van der Waals surface area contributed by atoms with E-state index in [1.807, 2.05) is 42.5 Å². The molecule has 0 spiro atoms. The number of nitrogens with one attached hydrogen (secondary N) is 3. The standard InChI is InChI=1S/C27H32N4O4S/c1-20(32)29-23-9-13-26(14-10-23)36(34,35)30-24-7-11-25(12-8-24)31-17-15-22(16-18-31)28-19-27(33)21-5-3-2-4-6-21/h2-14,22,27-28,30,33H,15-19H2,1H3,(H,29,32). The molecule has 1 saturated heterocycles. The number of amides is 1. The molecule has 1 heterocycles. The largest absolute Gasteiger partial charge is 0.387 e. The molecule has 1 aliphatic rings. The van der Waals surface area contributed by atoms with Gasteiger partial charge in [-0.3, -0.25) is 9.52 Å². The van der Waals surface area contributed by atoms with Gasteiger partial charge in [-0.15, -0.1) is 0 Å². The van der Waals surface area contributed by atoms with Gasteiger partial charge in [0.05, 0.1) is 11.0 Å². The molecule has 4 N–H and O–H groups in total. The Labute approximate surface area is 212 Å². The van der Waals surface area contributed by atoms with Crippen LogP contribution in [0.2, 0.25) is 0 Å². The zero-order valence-electron chi connectivity index (χ0n) is 20.2. The Morgan fingerprint density at radius 1 is 0.944 bits per heavy atom. The number of carbonyl (C=O) groups is 1. The number of carbonyl (C=O) groups excluding carboxylic acids is 1. The van der Waals surface area contributed by atoms with Gasteiger partial charge in [0, 0.05) is 49.7 Å². The van der Waals surface area contributed by atoms with Gasteiger partial charge in [0.25, 0.3) is 10.0 Å². The van der Waals surface area contributed by atoms with Crippen molar-refractivity contribution >= 4 is 33.0 Å². The molecule has 3 aromatic rings. The topological polar surface area (TPSA) is 111 Å². The second-order valence-electron chi connectivity index (χ2n) is 8.95. The van der Waals surface area contributed by atoms with Gasteiger partial charge in [0.15, 0.2) is 0 Å². The van der Waals surface area contributed by atoms with Crippen LogP contribution in [-0.2, 0) is 14.8 Å². The predicted molar refractivity (Wildman–Crippen MR) is 143 cm³/mol. The Morgan fingerprint density at radius 3 is 2.17 bits per heavy atom. The second-order valence-corrected chi connectivity index (χ2v) is 10.6. The fraction of sp³-hybridized carbons (Fsp3) is 0.296. The molecule has 1 amide bonds. The molecule has 0 aromatic heterocycles. The smallest absolute Gasteiger partial charge is 0.261 e. The highest BCUT2D eigenvalue weighted by atomic mass is 32.2. The van der Waals surface area contributed by atoms with Crippen molar-refractivity contribution in [3.8, 4) is 0 Å². The van der Waals surface area contributed by atoms with Crippen LogP contribution in [0.4, 0.5) is 17.1 Å². The van der Waals surface area contributed by atoms with Crippen LogP contribution in [0.1, 0.15) is 31.4 Å². The Bertz CT molecular complexity index is 1240. The van der Waals surface area contributed by atoms with E-state index in [-0.39, 0.29) is 10.8 Å². The minimum absolute atomic E-state index is 0.118. The summed E-state index contributed by atoms with van der Waals surface area (Å²) in [5.74, 6) is -0.217. The molecule has 1 fully saturated rings. The van der Waals surface area contributed by atoms with Crippen LogP contribution >= 0.6 is 0 Å². The van der Waals surface area contributed by atoms with Gasteiger partial charge in [-0.1, -0.05) is 30.3 Å². The normalized spacial score (nSPS) is 15.3. The first-order valence-corrected chi connectivity index (χ1v) is 13.5. The van der Waals surface area contributed by atoms with Gasteiger partial charge in [0.2, 0.25) is 5.91 Å². The summed E-state index contributed by atoms with van der Waals surface area (Å²) in [5, 5.41) is 16.5. The van der Waals surface area contributed by atoms with E-state index < -0.39 is 16.1 Å². The van der Waals surface area contributed by atoms with Crippen LogP contribution in [0, 0.1) is 0 Å². The third-order valence-corrected chi connectivity index (χ3v) is 7.65. The van der Waals surface area contributed by atoms with E-state index >= 15 is 0 Å².